The fourth-order valence-electron chi connectivity index (χ4n) is 3.31. The number of piperidine rings is 1. The standard InChI is InChI=1S/C20H30N2O3/c1-14(2)13-18(24)21-19(17-7-5-4-6-8-17)20(25)22-11-9-16(10-12-22)15(3)23/h4-8,14-16,19,23H,9-13H2,1-3H3,(H,21,24). The number of benzene rings is 1. The number of hydrogen-bond acceptors (Lipinski definition) is 3. The second-order valence-electron chi connectivity index (χ2n) is 7.41. The molecule has 1 fully saturated rings. The summed E-state index contributed by atoms with van der Waals surface area (Å²) in [4.78, 5) is 27.1. The van der Waals surface area contributed by atoms with Gasteiger partial charge >= 0.3 is 0 Å². The third-order valence-corrected chi connectivity index (χ3v) is 4.81. The Morgan fingerprint density at radius 1 is 1.16 bits per heavy atom. The van der Waals surface area contributed by atoms with Crippen molar-refractivity contribution in [3.05, 3.63) is 35.9 Å². The summed E-state index contributed by atoms with van der Waals surface area (Å²) in [5.74, 6) is 0.325. The summed E-state index contributed by atoms with van der Waals surface area (Å²) in [5.41, 5.74) is 0.808. The number of likely N-dealkylation sites (tertiary alicyclic amines) is 1. The number of aliphatic hydroxyl groups is 1. The van der Waals surface area contributed by atoms with Crippen molar-refractivity contribution >= 4 is 11.8 Å². The van der Waals surface area contributed by atoms with Gasteiger partial charge in [0.25, 0.3) is 0 Å². The van der Waals surface area contributed by atoms with Gasteiger partial charge in [0.2, 0.25) is 11.8 Å². The number of carbonyl (C=O) groups excluding carboxylic acids is 2. The van der Waals surface area contributed by atoms with Crippen LogP contribution in [0.3, 0.4) is 0 Å². The van der Waals surface area contributed by atoms with E-state index >= 15 is 0 Å². The maximum atomic E-state index is 13.0. The van der Waals surface area contributed by atoms with Gasteiger partial charge in [-0.3, -0.25) is 9.59 Å². The van der Waals surface area contributed by atoms with Crippen LogP contribution in [-0.4, -0.2) is 41.0 Å². The molecule has 2 amide bonds. The predicted octanol–water partition coefficient (Wildman–Crippen LogP) is 2.51. The first kappa shape index (κ1) is 19.4. The molecule has 1 aromatic rings. The van der Waals surface area contributed by atoms with Gasteiger partial charge in [-0.15, -0.1) is 0 Å². The first-order valence-corrected chi connectivity index (χ1v) is 9.19. The highest BCUT2D eigenvalue weighted by Gasteiger charge is 2.31. The van der Waals surface area contributed by atoms with E-state index in [0.29, 0.717) is 19.5 Å². The number of amides is 2. The Balaban J connectivity index is 2.09. The zero-order valence-electron chi connectivity index (χ0n) is 15.4. The lowest BCUT2D eigenvalue weighted by Gasteiger charge is -2.35. The summed E-state index contributed by atoms with van der Waals surface area (Å²) < 4.78 is 0. The third kappa shape index (κ3) is 5.56. The molecule has 1 heterocycles. The molecule has 138 valence electrons. The maximum absolute atomic E-state index is 13.0. The summed E-state index contributed by atoms with van der Waals surface area (Å²) in [6, 6.07) is 8.76. The van der Waals surface area contributed by atoms with Crippen LogP contribution in [0.5, 0.6) is 0 Å². The van der Waals surface area contributed by atoms with E-state index in [1.165, 1.54) is 0 Å². The summed E-state index contributed by atoms with van der Waals surface area (Å²) in [6.45, 7) is 7.02. The first-order chi connectivity index (χ1) is 11.9. The molecule has 0 radical (unpaired) electrons. The Morgan fingerprint density at radius 2 is 1.76 bits per heavy atom. The van der Waals surface area contributed by atoms with E-state index in [1.54, 1.807) is 6.92 Å². The Bertz CT molecular complexity index is 564. The largest absolute Gasteiger partial charge is 0.393 e. The lowest BCUT2D eigenvalue weighted by atomic mass is 9.91. The Labute approximate surface area is 150 Å². The number of carbonyl (C=O) groups is 2. The zero-order chi connectivity index (χ0) is 18.4. The van der Waals surface area contributed by atoms with E-state index in [4.69, 9.17) is 0 Å². The molecule has 5 nitrogen and oxygen atoms in total. The van der Waals surface area contributed by atoms with Crippen molar-refractivity contribution in [2.24, 2.45) is 11.8 Å². The summed E-state index contributed by atoms with van der Waals surface area (Å²) in [7, 11) is 0. The van der Waals surface area contributed by atoms with Crippen molar-refractivity contribution in [1.82, 2.24) is 10.2 Å². The van der Waals surface area contributed by atoms with E-state index in [-0.39, 0.29) is 29.8 Å². The number of hydrogen-bond donors (Lipinski definition) is 2. The van der Waals surface area contributed by atoms with E-state index < -0.39 is 6.04 Å². The van der Waals surface area contributed by atoms with Crippen LogP contribution in [0.4, 0.5) is 0 Å². The molecular weight excluding hydrogens is 316 g/mol. The number of rotatable bonds is 6. The Hall–Kier alpha value is -1.88. The SMILES string of the molecule is CC(C)CC(=O)NC(C(=O)N1CCC(C(C)O)CC1)c1ccccc1. The highest BCUT2D eigenvalue weighted by Crippen LogP contribution is 2.24. The van der Waals surface area contributed by atoms with Crippen LogP contribution in [-0.2, 0) is 9.59 Å². The number of nitrogens with zero attached hydrogens (tertiary/aromatic N) is 1. The van der Waals surface area contributed by atoms with Gasteiger partial charge in [-0.25, -0.2) is 0 Å². The van der Waals surface area contributed by atoms with E-state index in [9.17, 15) is 14.7 Å². The fourth-order valence-corrected chi connectivity index (χ4v) is 3.31. The van der Waals surface area contributed by atoms with Crippen molar-refractivity contribution < 1.29 is 14.7 Å². The molecule has 0 aliphatic carbocycles. The van der Waals surface area contributed by atoms with Crippen LogP contribution in [0.15, 0.2) is 30.3 Å². The lowest BCUT2D eigenvalue weighted by Crippen LogP contribution is -2.47. The van der Waals surface area contributed by atoms with Gasteiger partial charge in [-0.05, 0) is 37.2 Å². The van der Waals surface area contributed by atoms with E-state index in [1.807, 2.05) is 49.1 Å². The molecule has 5 heteroatoms. The van der Waals surface area contributed by atoms with Crippen LogP contribution in [0.25, 0.3) is 0 Å². The second-order valence-corrected chi connectivity index (χ2v) is 7.41. The minimum absolute atomic E-state index is 0.0626. The Morgan fingerprint density at radius 3 is 2.28 bits per heavy atom. The lowest BCUT2D eigenvalue weighted by molar-refractivity contribution is -0.138. The number of nitrogens with one attached hydrogen (secondary N) is 1. The minimum Gasteiger partial charge on any atom is -0.393 e. The summed E-state index contributed by atoms with van der Waals surface area (Å²) in [5, 5.41) is 12.6. The van der Waals surface area contributed by atoms with Crippen molar-refractivity contribution in [3.63, 3.8) is 0 Å². The van der Waals surface area contributed by atoms with Crippen LogP contribution >= 0.6 is 0 Å². The molecule has 0 saturated carbocycles. The first-order valence-electron chi connectivity index (χ1n) is 9.19. The smallest absolute Gasteiger partial charge is 0.249 e. The molecule has 1 aliphatic heterocycles. The molecule has 1 aliphatic rings. The van der Waals surface area contributed by atoms with Crippen molar-refractivity contribution in [2.75, 3.05) is 13.1 Å². The normalized spacial score (nSPS) is 18.0. The van der Waals surface area contributed by atoms with Crippen molar-refractivity contribution in [2.45, 2.75) is 52.2 Å². The molecule has 2 unspecified atom stereocenters. The van der Waals surface area contributed by atoms with Gasteiger partial charge in [-0.1, -0.05) is 44.2 Å². The fraction of sp³-hybridized carbons (Fsp3) is 0.600. The van der Waals surface area contributed by atoms with Gasteiger partial charge in [0.1, 0.15) is 6.04 Å². The molecule has 2 N–H and O–H groups in total. The molecule has 0 spiro atoms. The number of aliphatic hydroxyl groups excluding tert-OH is 1. The van der Waals surface area contributed by atoms with Crippen molar-refractivity contribution in [3.8, 4) is 0 Å². The van der Waals surface area contributed by atoms with Crippen LogP contribution in [0, 0.1) is 11.8 Å². The van der Waals surface area contributed by atoms with Crippen molar-refractivity contribution in [1.29, 1.82) is 0 Å². The third-order valence-electron chi connectivity index (χ3n) is 4.81. The Kier molecular flexibility index (Phi) is 7.00. The molecule has 1 saturated heterocycles. The van der Waals surface area contributed by atoms with Gasteiger partial charge in [0, 0.05) is 19.5 Å². The molecule has 2 atom stereocenters. The molecule has 25 heavy (non-hydrogen) atoms. The van der Waals surface area contributed by atoms with Gasteiger partial charge in [0.05, 0.1) is 6.10 Å². The molecule has 1 aromatic carbocycles. The molecule has 0 aromatic heterocycles. The average Bonchev–Trinajstić information content (AvgIpc) is 2.59. The summed E-state index contributed by atoms with van der Waals surface area (Å²) >= 11 is 0. The van der Waals surface area contributed by atoms with Gasteiger partial charge in [-0.2, -0.15) is 0 Å². The van der Waals surface area contributed by atoms with Gasteiger partial charge in [0.15, 0.2) is 0 Å². The van der Waals surface area contributed by atoms with E-state index in [0.717, 1.165) is 18.4 Å². The maximum Gasteiger partial charge on any atom is 0.249 e. The molecule has 2 rings (SSSR count). The predicted molar refractivity (Wildman–Crippen MR) is 97.8 cm³/mol. The van der Waals surface area contributed by atoms with E-state index in [2.05, 4.69) is 5.32 Å². The zero-order valence-corrected chi connectivity index (χ0v) is 15.4. The highest BCUT2D eigenvalue weighted by molar-refractivity contribution is 5.88. The average molecular weight is 346 g/mol. The second kappa shape index (κ2) is 8.99. The molecule has 0 bridgehead atoms. The minimum atomic E-state index is -0.643. The highest BCUT2D eigenvalue weighted by atomic mass is 16.3. The van der Waals surface area contributed by atoms with Gasteiger partial charge < -0.3 is 15.3 Å². The summed E-state index contributed by atoms with van der Waals surface area (Å²) in [6.07, 6.45) is 1.66. The quantitative estimate of drug-likeness (QED) is 0.831. The monoisotopic (exact) mass is 346 g/mol. The molecular formula is C20H30N2O3. The van der Waals surface area contributed by atoms with Crippen LogP contribution in [0.2, 0.25) is 0 Å². The van der Waals surface area contributed by atoms with Crippen LogP contribution in [0.1, 0.15) is 51.6 Å². The van der Waals surface area contributed by atoms with Crippen LogP contribution < -0.4 is 5.32 Å². The topological polar surface area (TPSA) is 69.6 Å².